The molecule has 8 nitrogen and oxygen atoms in total. The minimum Gasteiger partial charge on any atom is -0.497 e. The van der Waals surface area contributed by atoms with E-state index in [-0.39, 0.29) is 21.2 Å². The Morgan fingerprint density at radius 1 is 0.789 bits per heavy atom. The van der Waals surface area contributed by atoms with Gasteiger partial charge in [-0.25, -0.2) is 8.42 Å². The highest BCUT2D eigenvalue weighted by molar-refractivity contribution is 7.92. The SMILES string of the molecule is COc1cc(NC(=O)c2cc(Cl)ccc2NS(=O)(=O)c2ccc(Oc3ccccc3Cl)cc2)cc(OC)c1. The summed E-state index contributed by atoms with van der Waals surface area (Å²) in [5.74, 6) is 1.18. The van der Waals surface area contributed by atoms with Crippen molar-refractivity contribution < 1.29 is 27.4 Å². The number of carbonyl (C=O) groups excluding carboxylic acids is 1. The van der Waals surface area contributed by atoms with Gasteiger partial charge in [0, 0.05) is 28.9 Å². The third-order valence-corrected chi connectivity index (χ3v) is 7.21. The topological polar surface area (TPSA) is 103 Å². The first-order chi connectivity index (χ1) is 18.2. The summed E-state index contributed by atoms with van der Waals surface area (Å²) in [6.45, 7) is 0. The number of methoxy groups -OCH3 is 2. The molecule has 0 atom stereocenters. The van der Waals surface area contributed by atoms with Crippen LogP contribution in [0.25, 0.3) is 0 Å². The lowest BCUT2D eigenvalue weighted by molar-refractivity contribution is 0.102. The van der Waals surface area contributed by atoms with Gasteiger partial charge < -0.3 is 19.5 Å². The lowest BCUT2D eigenvalue weighted by Crippen LogP contribution is -2.18. The Balaban J connectivity index is 1.56. The van der Waals surface area contributed by atoms with E-state index in [1.165, 1.54) is 56.7 Å². The van der Waals surface area contributed by atoms with Crippen molar-refractivity contribution in [1.29, 1.82) is 0 Å². The molecule has 11 heteroatoms. The number of sulfonamides is 1. The van der Waals surface area contributed by atoms with Gasteiger partial charge in [0.15, 0.2) is 0 Å². The number of anilines is 2. The summed E-state index contributed by atoms with van der Waals surface area (Å²) in [4.78, 5) is 13.1. The maximum Gasteiger partial charge on any atom is 0.261 e. The molecular formula is C27H22Cl2N2O6S. The maximum absolute atomic E-state index is 13.1. The molecule has 4 aromatic carbocycles. The van der Waals surface area contributed by atoms with Gasteiger partial charge >= 0.3 is 0 Å². The molecule has 0 bridgehead atoms. The number of benzene rings is 4. The highest BCUT2D eigenvalue weighted by Gasteiger charge is 2.20. The Bertz CT molecular complexity index is 1560. The highest BCUT2D eigenvalue weighted by atomic mass is 35.5. The monoisotopic (exact) mass is 572 g/mol. The first kappa shape index (κ1) is 27.1. The molecule has 1 amide bonds. The van der Waals surface area contributed by atoms with E-state index in [2.05, 4.69) is 10.0 Å². The van der Waals surface area contributed by atoms with Crippen molar-refractivity contribution in [3.63, 3.8) is 0 Å². The number of hydrogen-bond donors (Lipinski definition) is 2. The normalized spacial score (nSPS) is 10.9. The van der Waals surface area contributed by atoms with E-state index in [0.717, 1.165) is 0 Å². The predicted octanol–water partition coefficient (Wildman–Crippen LogP) is 6.86. The highest BCUT2D eigenvalue weighted by Crippen LogP contribution is 2.31. The van der Waals surface area contributed by atoms with Crippen LogP contribution in [0, 0.1) is 0 Å². The number of hydrogen-bond acceptors (Lipinski definition) is 6. The van der Waals surface area contributed by atoms with Gasteiger partial charge in [-0.1, -0.05) is 35.3 Å². The second-order valence-electron chi connectivity index (χ2n) is 7.85. The molecule has 0 saturated heterocycles. The quantitative estimate of drug-likeness (QED) is 0.227. The molecule has 0 heterocycles. The molecule has 0 fully saturated rings. The first-order valence-electron chi connectivity index (χ1n) is 11.1. The molecule has 4 aromatic rings. The van der Waals surface area contributed by atoms with Gasteiger partial charge in [-0.15, -0.1) is 0 Å². The Morgan fingerprint density at radius 3 is 2.08 bits per heavy atom. The van der Waals surface area contributed by atoms with Crippen LogP contribution in [0.1, 0.15) is 10.4 Å². The van der Waals surface area contributed by atoms with Gasteiger partial charge in [0.05, 0.1) is 35.4 Å². The summed E-state index contributed by atoms with van der Waals surface area (Å²) in [6, 6.07) is 21.8. The van der Waals surface area contributed by atoms with E-state index in [9.17, 15) is 13.2 Å². The number of para-hydroxylation sites is 1. The molecule has 4 rings (SSSR count). The average molecular weight is 573 g/mol. The number of rotatable bonds is 9. The number of carbonyl (C=O) groups is 1. The maximum atomic E-state index is 13.1. The van der Waals surface area contributed by atoms with E-state index in [1.807, 2.05) is 0 Å². The number of halogens is 2. The van der Waals surface area contributed by atoms with Crippen molar-refractivity contribution in [2.24, 2.45) is 0 Å². The molecule has 0 aliphatic heterocycles. The van der Waals surface area contributed by atoms with Gasteiger partial charge in [0.25, 0.3) is 15.9 Å². The molecule has 0 aliphatic rings. The molecule has 196 valence electrons. The molecular weight excluding hydrogens is 551 g/mol. The molecule has 0 radical (unpaired) electrons. The van der Waals surface area contributed by atoms with E-state index >= 15 is 0 Å². The van der Waals surface area contributed by atoms with Gasteiger partial charge in [0.2, 0.25) is 0 Å². The summed E-state index contributed by atoms with van der Waals surface area (Å²) in [5.41, 5.74) is 0.439. The standard InChI is InChI=1S/C27H22Cl2N2O6S/c1-35-20-14-18(15-21(16-20)36-2)30-27(32)23-13-17(28)7-12-25(23)31-38(33,34)22-10-8-19(9-11-22)37-26-6-4-3-5-24(26)29/h3-16,31H,1-2H3,(H,30,32). The van der Waals surface area contributed by atoms with Crippen LogP contribution in [-0.2, 0) is 10.0 Å². The fraction of sp³-hybridized carbons (Fsp3) is 0.0741. The molecule has 0 aromatic heterocycles. The largest absolute Gasteiger partial charge is 0.497 e. The van der Waals surface area contributed by atoms with Crippen LogP contribution in [-0.4, -0.2) is 28.5 Å². The summed E-state index contributed by atoms with van der Waals surface area (Å²) >= 11 is 12.2. The van der Waals surface area contributed by atoms with Crippen LogP contribution in [0.4, 0.5) is 11.4 Å². The van der Waals surface area contributed by atoms with E-state index in [1.54, 1.807) is 42.5 Å². The smallest absolute Gasteiger partial charge is 0.261 e. The van der Waals surface area contributed by atoms with Gasteiger partial charge in [-0.2, -0.15) is 0 Å². The van der Waals surface area contributed by atoms with E-state index < -0.39 is 15.9 Å². The summed E-state index contributed by atoms with van der Waals surface area (Å²) in [6.07, 6.45) is 0. The Hall–Kier alpha value is -3.92. The lowest BCUT2D eigenvalue weighted by Gasteiger charge is -2.15. The van der Waals surface area contributed by atoms with Crippen LogP contribution in [0.3, 0.4) is 0 Å². The predicted molar refractivity (Wildman–Crippen MR) is 148 cm³/mol. The second-order valence-corrected chi connectivity index (χ2v) is 10.4. The fourth-order valence-corrected chi connectivity index (χ4v) is 4.84. The van der Waals surface area contributed by atoms with Crippen molar-refractivity contribution in [2.75, 3.05) is 24.3 Å². The third kappa shape index (κ3) is 6.49. The molecule has 0 aliphatic carbocycles. The minimum atomic E-state index is -4.07. The van der Waals surface area contributed by atoms with E-state index in [0.29, 0.717) is 33.7 Å². The third-order valence-electron chi connectivity index (χ3n) is 5.28. The van der Waals surface area contributed by atoms with Gasteiger partial charge in [-0.3, -0.25) is 9.52 Å². The fourth-order valence-electron chi connectivity index (χ4n) is 3.42. The van der Waals surface area contributed by atoms with Crippen LogP contribution >= 0.6 is 23.2 Å². The second kappa shape index (κ2) is 11.6. The average Bonchev–Trinajstić information content (AvgIpc) is 2.91. The van der Waals surface area contributed by atoms with Gasteiger partial charge in [0.1, 0.15) is 23.0 Å². The summed E-state index contributed by atoms with van der Waals surface area (Å²) in [7, 11) is -1.10. The summed E-state index contributed by atoms with van der Waals surface area (Å²) < 4.78 is 44.9. The zero-order valence-electron chi connectivity index (χ0n) is 20.2. The molecule has 2 N–H and O–H groups in total. The molecule has 0 spiro atoms. The van der Waals surface area contributed by atoms with Crippen LogP contribution < -0.4 is 24.2 Å². The Kier molecular flexibility index (Phi) is 8.31. The van der Waals surface area contributed by atoms with Gasteiger partial charge in [-0.05, 0) is 54.6 Å². The van der Waals surface area contributed by atoms with Crippen molar-refractivity contribution >= 4 is 50.5 Å². The van der Waals surface area contributed by atoms with Crippen molar-refractivity contribution in [2.45, 2.75) is 4.90 Å². The van der Waals surface area contributed by atoms with Crippen LogP contribution in [0.15, 0.2) is 89.8 Å². The summed E-state index contributed by atoms with van der Waals surface area (Å²) in [5, 5.41) is 3.39. The Morgan fingerprint density at radius 2 is 1.45 bits per heavy atom. The van der Waals surface area contributed by atoms with Crippen molar-refractivity contribution in [3.8, 4) is 23.0 Å². The first-order valence-corrected chi connectivity index (χ1v) is 13.3. The van der Waals surface area contributed by atoms with Crippen molar-refractivity contribution in [3.05, 3.63) is 101 Å². The molecule has 0 unspecified atom stereocenters. The zero-order valence-corrected chi connectivity index (χ0v) is 22.5. The van der Waals surface area contributed by atoms with Crippen LogP contribution in [0.5, 0.6) is 23.0 Å². The number of amides is 1. The minimum absolute atomic E-state index is 0.0153. The van der Waals surface area contributed by atoms with E-state index in [4.69, 9.17) is 37.4 Å². The molecule has 0 saturated carbocycles. The molecule has 38 heavy (non-hydrogen) atoms. The Labute approximate surface area is 230 Å². The lowest BCUT2D eigenvalue weighted by atomic mass is 10.1. The zero-order chi connectivity index (χ0) is 27.3. The number of nitrogens with one attached hydrogen (secondary N) is 2. The van der Waals surface area contributed by atoms with Crippen LogP contribution in [0.2, 0.25) is 10.0 Å². The van der Waals surface area contributed by atoms with Crippen molar-refractivity contribution in [1.82, 2.24) is 0 Å². The number of ether oxygens (including phenoxy) is 3.